The number of hydrogen-bond donors (Lipinski definition) is 1. The molecule has 1 aliphatic heterocycles. The molecule has 21 heavy (non-hydrogen) atoms. The molecule has 2 aromatic rings. The summed E-state index contributed by atoms with van der Waals surface area (Å²) in [6.45, 7) is 2.52. The molecular formula is C17H14BrNO2. The molecule has 1 aliphatic rings. The molecule has 0 atom stereocenters. The third-order valence-electron chi connectivity index (χ3n) is 3.28. The van der Waals surface area contributed by atoms with Gasteiger partial charge in [0.25, 0.3) is 5.91 Å². The number of halogens is 1. The number of carbonyl (C=O) groups excluding carboxylic acids is 1. The predicted molar refractivity (Wildman–Crippen MR) is 88.3 cm³/mol. The zero-order valence-corrected chi connectivity index (χ0v) is 13.1. The topological polar surface area (TPSA) is 38.3 Å². The molecule has 1 N–H and O–H groups in total. The van der Waals surface area contributed by atoms with Crippen LogP contribution in [0.2, 0.25) is 0 Å². The van der Waals surface area contributed by atoms with Gasteiger partial charge in [0.2, 0.25) is 0 Å². The van der Waals surface area contributed by atoms with Gasteiger partial charge < -0.3 is 10.1 Å². The first kappa shape index (κ1) is 13.9. The fraction of sp³-hybridized carbons (Fsp3) is 0.118. The van der Waals surface area contributed by atoms with Crippen molar-refractivity contribution < 1.29 is 9.53 Å². The van der Waals surface area contributed by atoms with Gasteiger partial charge in [-0.25, -0.2) is 0 Å². The number of para-hydroxylation sites is 1. The smallest absolute Gasteiger partial charge is 0.256 e. The van der Waals surface area contributed by atoms with Crippen molar-refractivity contribution in [2.45, 2.75) is 6.92 Å². The lowest BCUT2D eigenvalue weighted by atomic mass is 10.0. The van der Waals surface area contributed by atoms with Crippen LogP contribution < -0.4 is 10.1 Å². The Morgan fingerprint density at radius 3 is 2.86 bits per heavy atom. The summed E-state index contributed by atoms with van der Waals surface area (Å²) in [5, 5.41) is 2.87. The molecular weight excluding hydrogens is 330 g/mol. The zero-order valence-electron chi connectivity index (χ0n) is 11.5. The molecule has 0 fully saturated rings. The van der Waals surface area contributed by atoms with Crippen LogP contribution in [-0.4, -0.2) is 12.5 Å². The molecule has 4 heteroatoms. The van der Waals surface area contributed by atoms with E-state index in [1.54, 1.807) is 0 Å². The number of amides is 1. The maximum atomic E-state index is 12.2. The number of fused-ring (bicyclic) bond motifs is 1. The Hall–Kier alpha value is -2.07. The molecule has 0 spiro atoms. The summed E-state index contributed by atoms with van der Waals surface area (Å²) in [7, 11) is 0. The fourth-order valence-electron chi connectivity index (χ4n) is 2.36. The van der Waals surface area contributed by atoms with Gasteiger partial charge in [-0.2, -0.15) is 0 Å². The summed E-state index contributed by atoms with van der Waals surface area (Å²) >= 11 is 3.46. The summed E-state index contributed by atoms with van der Waals surface area (Å²) in [5.74, 6) is 0.684. The largest absolute Gasteiger partial charge is 0.493 e. The van der Waals surface area contributed by atoms with Gasteiger partial charge in [0.05, 0.1) is 6.61 Å². The Labute approximate surface area is 131 Å². The molecule has 0 aromatic heterocycles. The van der Waals surface area contributed by atoms with Crippen LogP contribution in [0.5, 0.6) is 5.75 Å². The predicted octanol–water partition coefficient (Wildman–Crippen LogP) is 4.34. The molecule has 0 radical (unpaired) electrons. The molecule has 1 amide bonds. The van der Waals surface area contributed by atoms with E-state index in [4.69, 9.17) is 4.74 Å². The summed E-state index contributed by atoms with van der Waals surface area (Å²) < 4.78 is 6.58. The highest BCUT2D eigenvalue weighted by molar-refractivity contribution is 9.10. The van der Waals surface area contributed by atoms with Crippen molar-refractivity contribution in [1.82, 2.24) is 0 Å². The van der Waals surface area contributed by atoms with Crippen molar-refractivity contribution >= 4 is 39.2 Å². The maximum Gasteiger partial charge on any atom is 0.256 e. The van der Waals surface area contributed by atoms with E-state index in [0.29, 0.717) is 12.2 Å². The van der Waals surface area contributed by atoms with E-state index in [2.05, 4.69) is 21.2 Å². The van der Waals surface area contributed by atoms with Crippen molar-refractivity contribution in [3.63, 3.8) is 0 Å². The van der Waals surface area contributed by atoms with Crippen molar-refractivity contribution in [2.24, 2.45) is 0 Å². The fourth-order valence-corrected chi connectivity index (χ4v) is 2.74. The quantitative estimate of drug-likeness (QED) is 0.841. The van der Waals surface area contributed by atoms with Crippen LogP contribution in [0, 0.1) is 0 Å². The molecule has 0 unspecified atom stereocenters. The minimum Gasteiger partial charge on any atom is -0.493 e. The molecule has 0 saturated carbocycles. The highest BCUT2D eigenvalue weighted by Gasteiger charge is 2.23. The van der Waals surface area contributed by atoms with E-state index >= 15 is 0 Å². The van der Waals surface area contributed by atoms with Crippen molar-refractivity contribution in [1.29, 1.82) is 0 Å². The second-order valence-corrected chi connectivity index (χ2v) is 5.59. The molecule has 0 bridgehead atoms. The van der Waals surface area contributed by atoms with Crippen LogP contribution in [0.1, 0.15) is 18.1 Å². The zero-order chi connectivity index (χ0) is 14.8. The summed E-state index contributed by atoms with van der Waals surface area (Å²) in [4.78, 5) is 12.2. The molecule has 106 valence electrons. The molecule has 0 saturated heterocycles. The Kier molecular flexibility index (Phi) is 3.80. The molecule has 1 heterocycles. The Morgan fingerprint density at radius 1 is 1.24 bits per heavy atom. The number of nitrogens with one attached hydrogen (secondary N) is 1. The number of benzene rings is 2. The van der Waals surface area contributed by atoms with Crippen LogP contribution in [0.4, 0.5) is 5.69 Å². The molecule has 2 aromatic carbocycles. The number of hydrogen-bond acceptors (Lipinski definition) is 2. The first-order chi connectivity index (χ1) is 10.2. The minimum absolute atomic E-state index is 0.0846. The Morgan fingerprint density at radius 2 is 2.05 bits per heavy atom. The Bertz CT molecular complexity index is 737. The average molecular weight is 344 g/mol. The van der Waals surface area contributed by atoms with Crippen LogP contribution >= 0.6 is 15.9 Å². The van der Waals surface area contributed by atoms with E-state index in [-0.39, 0.29) is 5.91 Å². The number of ether oxygens (including phenoxy) is 1. The summed E-state index contributed by atoms with van der Waals surface area (Å²) in [6.07, 6.45) is 1.87. The second-order valence-electron chi connectivity index (χ2n) is 4.67. The van der Waals surface area contributed by atoms with Crippen molar-refractivity contribution in [2.75, 3.05) is 11.9 Å². The first-order valence-electron chi connectivity index (χ1n) is 6.74. The lowest BCUT2D eigenvalue weighted by Crippen LogP contribution is -2.03. The van der Waals surface area contributed by atoms with Gasteiger partial charge >= 0.3 is 0 Å². The third-order valence-corrected chi connectivity index (χ3v) is 3.77. The highest BCUT2D eigenvalue weighted by atomic mass is 79.9. The van der Waals surface area contributed by atoms with Crippen LogP contribution in [0.3, 0.4) is 0 Å². The average Bonchev–Trinajstić information content (AvgIpc) is 2.78. The number of carbonyl (C=O) groups is 1. The SMILES string of the molecule is CCOc1ccc(Br)cc1/C=C1/C(=O)Nc2ccccc21. The summed E-state index contributed by atoms with van der Waals surface area (Å²) in [5.41, 5.74) is 3.31. The minimum atomic E-state index is -0.0846. The molecule has 3 rings (SSSR count). The van der Waals surface area contributed by atoms with E-state index < -0.39 is 0 Å². The number of rotatable bonds is 3. The van der Waals surface area contributed by atoms with Gasteiger partial charge in [0, 0.05) is 26.9 Å². The van der Waals surface area contributed by atoms with Crippen molar-refractivity contribution in [3.8, 4) is 5.75 Å². The maximum absolute atomic E-state index is 12.2. The third kappa shape index (κ3) is 2.72. The Balaban J connectivity index is 2.10. The van der Waals surface area contributed by atoms with Crippen LogP contribution in [0.15, 0.2) is 46.9 Å². The van der Waals surface area contributed by atoms with E-state index in [1.807, 2.05) is 55.5 Å². The first-order valence-corrected chi connectivity index (χ1v) is 7.53. The monoisotopic (exact) mass is 343 g/mol. The van der Waals surface area contributed by atoms with E-state index in [1.165, 1.54) is 0 Å². The van der Waals surface area contributed by atoms with E-state index in [0.717, 1.165) is 27.0 Å². The van der Waals surface area contributed by atoms with Gasteiger partial charge in [-0.3, -0.25) is 4.79 Å². The second kappa shape index (κ2) is 5.74. The van der Waals surface area contributed by atoms with Crippen molar-refractivity contribution in [3.05, 3.63) is 58.1 Å². The lowest BCUT2D eigenvalue weighted by Gasteiger charge is -2.08. The van der Waals surface area contributed by atoms with Crippen LogP contribution in [0.25, 0.3) is 11.6 Å². The van der Waals surface area contributed by atoms with Gasteiger partial charge in [-0.15, -0.1) is 0 Å². The summed E-state index contributed by atoms with van der Waals surface area (Å²) in [6, 6.07) is 13.5. The molecule has 3 nitrogen and oxygen atoms in total. The van der Waals surface area contributed by atoms with Crippen LogP contribution in [-0.2, 0) is 4.79 Å². The van der Waals surface area contributed by atoms with Gasteiger partial charge in [0.15, 0.2) is 0 Å². The highest BCUT2D eigenvalue weighted by Crippen LogP contribution is 2.35. The van der Waals surface area contributed by atoms with Gasteiger partial charge in [-0.05, 0) is 37.3 Å². The normalized spacial score (nSPS) is 15.0. The van der Waals surface area contributed by atoms with Gasteiger partial charge in [0.1, 0.15) is 5.75 Å². The number of anilines is 1. The standard InChI is InChI=1S/C17H14BrNO2/c1-2-21-16-8-7-12(18)9-11(16)10-14-13-5-3-4-6-15(13)19-17(14)20/h3-10H,2H2,1H3,(H,19,20)/b14-10+. The van der Waals surface area contributed by atoms with E-state index in [9.17, 15) is 4.79 Å². The molecule has 0 aliphatic carbocycles. The van der Waals surface area contributed by atoms with Gasteiger partial charge in [-0.1, -0.05) is 34.1 Å². The lowest BCUT2D eigenvalue weighted by molar-refractivity contribution is -0.110.